The average molecular weight is 237 g/mol. The third-order valence-electron chi connectivity index (χ3n) is 3.48. The Morgan fingerprint density at radius 3 is 2.65 bits per heavy atom. The maximum absolute atomic E-state index is 12.8. The summed E-state index contributed by atoms with van der Waals surface area (Å²) in [6, 6.07) is 6.67. The van der Waals surface area contributed by atoms with Crippen molar-refractivity contribution in [2.24, 2.45) is 0 Å². The minimum absolute atomic E-state index is 0.187. The maximum atomic E-state index is 12.8. The van der Waals surface area contributed by atoms with Crippen LogP contribution in [0.25, 0.3) is 0 Å². The number of hydrogen-bond acceptors (Lipinski definition) is 2. The molecule has 3 heteroatoms. The molecule has 0 bridgehead atoms. The summed E-state index contributed by atoms with van der Waals surface area (Å²) in [4.78, 5) is 2.33. The van der Waals surface area contributed by atoms with E-state index in [0.29, 0.717) is 0 Å². The van der Waals surface area contributed by atoms with E-state index in [1.165, 1.54) is 12.1 Å². The summed E-state index contributed by atoms with van der Waals surface area (Å²) in [5.74, 6) is -0.187. The molecule has 2 nitrogen and oxygen atoms in total. The van der Waals surface area contributed by atoms with Gasteiger partial charge in [0.25, 0.3) is 0 Å². The topological polar surface area (TPSA) is 23.5 Å². The molecule has 0 radical (unpaired) electrons. The van der Waals surface area contributed by atoms with Crippen molar-refractivity contribution in [3.8, 4) is 0 Å². The van der Waals surface area contributed by atoms with E-state index in [1.807, 2.05) is 19.1 Å². The van der Waals surface area contributed by atoms with Crippen LogP contribution >= 0.6 is 0 Å². The van der Waals surface area contributed by atoms with Crippen molar-refractivity contribution < 1.29 is 9.50 Å². The van der Waals surface area contributed by atoms with Gasteiger partial charge in [0.15, 0.2) is 0 Å². The van der Waals surface area contributed by atoms with Crippen LogP contribution in [0, 0.1) is 5.82 Å². The second-order valence-corrected chi connectivity index (χ2v) is 5.25. The molecule has 1 unspecified atom stereocenters. The molecule has 17 heavy (non-hydrogen) atoms. The van der Waals surface area contributed by atoms with E-state index in [0.717, 1.165) is 44.5 Å². The third-order valence-corrected chi connectivity index (χ3v) is 3.48. The molecule has 1 fully saturated rings. The summed E-state index contributed by atoms with van der Waals surface area (Å²) in [5, 5.41) is 10.00. The number of likely N-dealkylation sites (tertiary alicyclic amines) is 1. The van der Waals surface area contributed by atoms with E-state index >= 15 is 0 Å². The Bertz CT molecular complexity index is 361. The van der Waals surface area contributed by atoms with Crippen LogP contribution < -0.4 is 0 Å². The number of rotatable bonds is 2. The molecule has 1 aliphatic heterocycles. The summed E-state index contributed by atoms with van der Waals surface area (Å²) in [5.41, 5.74) is 0.616. The van der Waals surface area contributed by atoms with Gasteiger partial charge in [-0.2, -0.15) is 0 Å². The number of benzene rings is 1. The summed E-state index contributed by atoms with van der Waals surface area (Å²) < 4.78 is 12.8. The fourth-order valence-electron chi connectivity index (χ4n) is 2.33. The minimum Gasteiger partial charge on any atom is -0.390 e. The number of halogens is 1. The smallest absolute Gasteiger partial charge is 0.123 e. The molecule has 1 heterocycles. The van der Waals surface area contributed by atoms with Gasteiger partial charge < -0.3 is 5.11 Å². The lowest BCUT2D eigenvalue weighted by Crippen LogP contribution is -2.28. The molecular weight excluding hydrogens is 217 g/mol. The van der Waals surface area contributed by atoms with E-state index in [-0.39, 0.29) is 5.82 Å². The molecule has 0 spiro atoms. The second-order valence-electron chi connectivity index (χ2n) is 5.25. The van der Waals surface area contributed by atoms with E-state index in [1.54, 1.807) is 0 Å². The van der Waals surface area contributed by atoms with Gasteiger partial charge in [0.2, 0.25) is 0 Å². The van der Waals surface area contributed by atoms with Crippen molar-refractivity contribution in [3.05, 3.63) is 35.6 Å². The molecule has 1 atom stereocenters. The fourth-order valence-corrected chi connectivity index (χ4v) is 2.33. The van der Waals surface area contributed by atoms with Gasteiger partial charge in [0.05, 0.1) is 5.60 Å². The van der Waals surface area contributed by atoms with Crippen molar-refractivity contribution in [1.82, 2.24) is 4.90 Å². The minimum atomic E-state index is -0.516. The monoisotopic (exact) mass is 237 g/mol. The van der Waals surface area contributed by atoms with Crippen LogP contribution in [0.3, 0.4) is 0 Å². The van der Waals surface area contributed by atoms with Gasteiger partial charge in [0.1, 0.15) is 5.82 Å². The van der Waals surface area contributed by atoms with Gasteiger partial charge in [-0.3, -0.25) is 4.90 Å². The predicted octanol–water partition coefficient (Wildman–Crippen LogP) is 2.56. The highest BCUT2D eigenvalue weighted by Crippen LogP contribution is 2.22. The first-order valence-corrected chi connectivity index (χ1v) is 6.24. The van der Waals surface area contributed by atoms with Gasteiger partial charge in [-0.05, 0) is 50.4 Å². The Hall–Kier alpha value is -0.930. The summed E-state index contributed by atoms with van der Waals surface area (Å²) >= 11 is 0. The SMILES string of the molecule is CC1(O)CCCN(Cc2ccc(F)cc2)CC1. The number of nitrogens with zero attached hydrogens (tertiary/aromatic N) is 1. The molecule has 0 aliphatic carbocycles. The molecule has 0 aromatic heterocycles. The van der Waals surface area contributed by atoms with Crippen molar-refractivity contribution in [2.75, 3.05) is 13.1 Å². The van der Waals surface area contributed by atoms with Crippen LogP contribution in [0.15, 0.2) is 24.3 Å². The Morgan fingerprint density at radius 2 is 1.94 bits per heavy atom. The standard InChI is InChI=1S/C14H20FNO/c1-14(17)7-2-9-16(10-8-14)11-12-3-5-13(15)6-4-12/h3-6,17H,2,7-11H2,1H3. The number of aliphatic hydroxyl groups is 1. The predicted molar refractivity (Wildman–Crippen MR) is 66.2 cm³/mol. The normalized spacial score (nSPS) is 26.8. The molecule has 1 N–H and O–H groups in total. The lowest BCUT2D eigenvalue weighted by molar-refractivity contribution is 0.0444. The summed E-state index contributed by atoms with van der Waals surface area (Å²) in [7, 11) is 0. The second kappa shape index (κ2) is 5.15. The van der Waals surface area contributed by atoms with Gasteiger partial charge in [-0.25, -0.2) is 4.39 Å². The molecule has 0 amide bonds. The highest BCUT2D eigenvalue weighted by atomic mass is 19.1. The van der Waals surface area contributed by atoms with E-state index in [2.05, 4.69) is 4.90 Å². The first-order valence-electron chi connectivity index (χ1n) is 6.24. The number of hydrogen-bond donors (Lipinski definition) is 1. The van der Waals surface area contributed by atoms with Crippen LogP contribution in [0.4, 0.5) is 4.39 Å². The molecule has 94 valence electrons. The lowest BCUT2D eigenvalue weighted by Gasteiger charge is -2.22. The first-order chi connectivity index (χ1) is 8.05. The molecule has 1 saturated heterocycles. The van der Waals surface area contributed by atoms with E-state index < -0.39 is 5.60 Å². The van der Waals surface area contributed by atoms with E-state index in [9.17, 15) is 9.50 Å². The third kappa shape index (κ3) is 3.79. The van der Waals surface area contributed by atoms with Crippen molar-refractivity contribution in [3.63, 3.8) is 0 Å². The lowest BCUT2D eigenvalue weighted by atomic mass is 9.98. The molecule has 1 aromatic rings. The first kappa shape index (κ1) is 12.5. The Balaban J connectivity index is 1.93. The van der Waals surface area contributed by atoms with Crippen LogP contribution in [0.2, 0.25) is 0 Å². The Kier molecular flexibility index (Phi) is 3.79. The van der Waals surface area contributed by atoms with Crippen LogP contribution in [0.5, 0.6) is 0 Å². The van der Waals surface area contributed by atoms with Gasteiger partial charge in [-0.15, -0.1) is 0 Å². The average Bonchev–Trinajstić information content (AvgIpc) is 2.44. The largest absolute Gasteiger partial charge is 0.390 e. The highest BCUT2D eigenvalue weighted by Gasteiger charge is 2.24. The van der Waals surface area contributed by atoms with Gasteiger partial charge in [0, 0.05) is 13.1 Å². The van der Waals surface area contributed by atoms with Crippen LogP contribution in [-0.2, 0) is 6.54 Å². The van der Waals surface area contributed by atoms with Crippen LogP contribution in [0.1, 0.15) is 31.7 Å². The zero-order chi connectivity index (χ0) is 12.3. The van der Waals surface area contributed by atoms with Crippen molar-refractivity contribution >= 4 is 0 Å². The molecular formula is C14H20FNO. The molecule has 2 rings (SSSR count). The quantitative estimate of drug-likeness (QED) is 0.854. The Morgan fingerprint density at radius 1 is 1.24 bits per heavy atom. The molecule has 1 aliphatic rings. The zero-order valence-corrected chi connectivity index (χ0v) is 10.3. The van der Waals surface area contributed by atoms with Crippen molar-refractivity contribution in [2.45, 2.75) is 38.3 Å². The highest BCUT2D eigenvalue weighted by molar-refractivity contribution is 5.15. The zero-order valence-electron chi connectivity index (χ0n) is 10.3. The summed E-state index contributed by atoms with van der Waals surface area (Å²) in [6.07, 6.45) is 2.70. The van der Waals surface area contributed by atoms with Crippen molar-refractivity contribution in [1.29, 1.82) is 0 Å². The maximum Gasteiger partial charge on any atom is 0.123 e. The fraction of sp³-hybridized carbons (Fsp3) is 0.571. The van der Waals surface area contributed by atoms with Gasteiger partial charge in [-0.1, -0.05) is 12.1 Å². The molecule has 1 aromatic carbocycles. The summed E-state index contributed by atoms with van der Waals surface area (Å²) in [6.45, 7) is 4.67. The van der Waals surface area contributed by atoms with E-state index in [4.69, 9.17) is 0 Å². The van der Waals surface area contributed by atoms with Gasteiger partial charge >= 0.3 is 0 Å². The van der Waals surface area contributed by atoms with Crippen LogP contribution in [-0.4, -0.2) is 28.7 Å². The molecule has 0 saturated carbocycles. The Labute approximate surface area is 102 Å².